The molecule has 0 spiro atoms. The van der Waals surface area contributed by atoms with Gasteiger partial charge in [-0.1, -0.05) is 19.8 Å². The molecule has 1 aliphatic carbocycles. The molecule has 0 radical (unpaired) electrons. The van der Waals surface area contributed by atoms with Gasteiger partial charge in [0.1, 0.15) is 0 Å². The van der Waals surface area contributed by atoms with E-state index in [4.69, 9.17) is 0 Å². The predicted molar refractivity (Wildman–Crippen MR) is 72.4 cm³/mol. The first-order valence-corrected chi connectivity index (χ1v) is 6.88. The van der Waals surface area contributed by atoms with E-state index in [-0.39, 0.29) is 0 Å². The van der Waals surface area contributed by atoms with Crippen LogP contribution >= 0.6 is 0 Å². The fraction of sp³-hybridized carbons (Fsp3) is 0.786. The molecule has 2 rings (SSSR count). The van der Waals surface area contributed by atoms with Gasteiger partial charge in [0, 0.05) is 18.3 Å². The lowest BCUT2D eigenvalue weighted by molar-refractivity contribution is 0.356. The molecule has 1 saturated carbocycles. The summed E-state index contributed by atoms with van der Waals surface area (Å²) in [5.74, 6) is 1.90. The molecule has 1 aliphatic rings. The van der Waals surface area contributed by atoms with E-state index in [1.54, 1.807) is 0 Å². The van der Waals surface area contributed by atoms with Crippen molar-refractivity contribution in [2.45, 2.75) is 65.5 Å². The number of nitrogens with zero attached hydrogens (tertiary/aromatic N) is 2. The van der Waals surface area contributed by atoms with Crippen molar-refractivity contribution >= 4 is 5.95 Å². The average Bonchev–Trinajstić information content (AvgIpc) is 2.59. The summed E-state index contributed by atoms with van der Waals surface area (Å²) >= 11 is 0. The van der Waals surface area contributed by atoms with Crippen molar-refractivity contribution < 1.29 is 0 Å². The maximum absolute atomic E-state index is 4.60. The van der Waals surface area contributed by atoms with Crippen molar-refractivity contribution in [3.8, 4) is 0 Å². The Morgan fingerprint density at radius 2 is 2.18 bits per heavy atom. The number of aryl methyl sites for hydroxylation is 1. The number of hydrogen-bond donors (Lipinski definition) is 1. The molecule has 0 bridgehead atoms. The second-order valence-corrected chi connectivity index (χ2v) is 5.82. The molecule has 3 nitrogen and oxygen atoms in total. The van der Waals surface area contributed by atoms with E-state index in [0.717, 1.165) is 17.6 Å². The first-order chi connectivity index (χ1) is 8.06. The lowest BCUT2D eigenvalue weighted by Gasteiger charge is -2.28. The van der Waals surface area contributed by atoms with Crippen LogP contribution in [0.5, 0.6) is 0 Å². The average molecular weight is 235 g/mol. The van der Waals surface area contributed by atoms with Gasteiger partial charge in [-0.25, -0.2) is 4.98 Å². The highest BCUT2D eigenvalue weighted by molar-refractivity contribution is 5.31. The molecule has 1 aromatic heterocycles. The van der Waals surface area contributed by atoms with Gasteiger partial charge in [0.15, 0.2) is 0 Å². The van der Waals surface area contributed by atoms with Crippen LogP contribution in [0.25, 0.3) is 0 Å². The van der Waals surface area contributed by atoms with Crippen LogP contribution in [0.15, 0.2) is 6.20 Å². The molecule has 2 atom stereocenters. The molecule has 1 fully saturated rings. The second kappa shape index (κ2) is 5.11. The molecular formula is C14H25N3. The van der Waals surface area contributed by atoms with Gasteiger partial charge in [0.25, 0.3) is 0 Å². The quantitative estimate of drug-likeness (QED) is 0.864. The highest BCUT2D eigenvalue weighted by atomic mass is 15.2. The Balaban J connectivity index is 2.07. The summed E-state index contributed by atoms with van der Waals surface area (Å²) in [6.45, 7) is 8.83. The van der Waals surface area contributed by atoms with Gasteiger partial charge in [0.05, 0.1) is 5.69 Å². The summed E-state index contributed by atoms with van der Waals surface area (Å²) in [4.78, 5) is 4.60. The highest BCUT2D eigenvalue weighted by Crippen LogP contribution is 2.26. The fourth-order valence-electron chi connectivity index (χ4n) is 2.76. The summed E-state index contributed by atoms with van der Waals surface area (Å²) in [5.41, 5.74) is 1.10. The monoisotopic (exact) mass is 235 g/mol. The second-order valence-electron chi connectivity index (χ2n) is 5.82. The summed E-state index contributed by atoms with van der Waals surface area (Å²) in [5, 5.41) is 3.63. The van der Waals surface area contributed by atoms with Crippen molar-refractivity contribution in [3.05, 3.63) is 11.9 Å². The summed E-state index contributed by atoms with van der Waals surface area (Å²) < 4.78 is 2.24. The minimum Gasteiger partial charge on any atom is -0.353 e. The number of anilines is 1. The van der Waals surface area contributed by atoms with Crippen LogP contribution in [0.1, 0.15) is 58.2 Å². The standard InChI is InChI=1S/C14H25N3/c1-10(2)17-9-12(4)15-14(17)16-13-7-5-6-11(3)8-13/h9-11,13H,5-8H2,1-4H3,(H,15,16). The molecular weight excluding hydrogens is 210 g/mol. The summed E-state index contributed by atoms with van der Waals surface area (Å²) in [7, 11) is 0. The molecule has 1 aromatic rings. The molecule has 3 heteroatoms. The zero-order valence-corrected chi connectivity index (χ0v) is 11.5. The van der Waals surface area contributed by atoms with E-state index in [0.29, 0.717) is 12.1 Å². The van der Waals surface area contributed by atoms with E-state index < -0.39 is 0 Å². The topological polar surface area (TPSA) is 29.9 Å². The van der Waals surface area contributed by atoms with Crippen molar-refractivity contribution in [2.24, 2.45) is 5.92 Å². The Hall–Kier alpha value is -0.990. The van der Waals surface area contributed by atoms with Crippen LogP contribution < -0.4 is 5.32 Å². The van der Waals surface area contributed by atoms with Crippen LogP contribution in [-0.4, -0.2) is 15.6 Å². The van der Waals surface area contributed by atoms with E-state index in [1.165, 1.54) is 25.7 Å². The normalized spacial score (nSPS) is 25.2. The molecule has 17 heavy (non-hydrogen) atoms. The fourth-order valence-corrected chi connectivity index (χ4v) is 2.76. The van der Waals surface area contributed by atoms with E-state index in [2.05, 4.69) is 48.8 Å². The Bertz CT molecular complexity index is 368. The van der Waals surface area contributed by atoms with Crippen molar-refractivity contribution in [1.82, 2.24) is 9.55 Å². The lowest BCUT2D eigenvalue weighted by atomic mass is 9.87. The first kappa shape index (κ1) is 12.5. The van der Waals surface area contributed by atoms with Gasteiger partial charge in [-0.3, -0.25) is 0 Å². The third-order valence-electron chi connectivity index (χ3n) is 3.68. The zero-order chi connectivity index (χ0) is 12.4. The van der Waals surface area contributed by atoms with Gasteiger partial charge in [-0.05, 0) is 39.5 Å². The van der Waals surface area contributed by atoms with Crippen LogP contribution in [0, 0.1) is 12.8 Å². The molecule has 0 aromatic carbocycles. The minimum absolute atomic E-state index is 0.472. The Morgan fingerprint density at radius 3 is 2.82 bits per heavy atom. The maximum Gasteiger partial charge on any atom is 0.203 e. The molecule has 2 unspecified atom stereocenters. The molecule has 1 heterocycles. The van der Waals surface area contributed by atoms with Gasteiger partial charge >= 0.3 is 0 Å². The highest BCUT2D eigenvalue weighted by Gasteiger charge is 2.20. The van der Waals surface area contributed by atoms with E-state index in [1.807, 2.05) is 0 Å². The number of imidazole rings is 1. The van der Waals surface area contributed by atoms with Crippen LogP contribution in [0.3, 0.4) is 0 Å². The number of nitrogens with one attached hydrogen (secondary N) is 1. The Morgan fingerprint density at radius 1 is 1.41 bits per heavy atom. The third-order valence-corrected chi connectivity index (χ3v) is 3.68. The minimum atomic E-state index is 0.472. The van der Waals surface area contributed by atoms with Gasteiger partial charge < -0.3 is 9.88 Å². The van der Waals surface area contributed by atoms with E-state index >= 15 is 0 Å². The third kappa shape index (κ3) is 3.02. The number of aromatic nitrogens is 2. The zero-order valence-electron chi connectivity index (χ0n) is 11.5. The van der Waals surface area contributed by atoms with Crippen molar-refractivity contribution in [1.29, 1.82) is 0 Å². The lowest BCUT2D eigenvalue weighted by Crippen LogP contribution is -2.27. The SMILES string of the molecule is Cc1cn(C(C)C)c(NC2CCCC(C)C2)n1. The molecule has 0 saturated heterocycles. The van der Waals surface area contributed by atoms with Crippen LogP contribution in [0.2, 0.25) is 0 Å². The predicted octanol–water partition coefficient (Wildman–Crippen LogP) is 3.76. The number of rotatable bonds is 3. The van der Waals surface area contributed by atoms with Crippen molar-refractivity contribution in [2.75, 3.05) is 5.32 Å². The van der Waals surface area contributed by atoms with E-state index in [9.17, 15) is 0 Å². The van der Waals surface area contributed by atoms with Gasteiger partial charge in [-0.2, -0.15) is 0 Å². The Labute approximate surface area is 105 Å². The molecule has 1 N–H and O–H groups in total. The maximum atomic E-state index is 4.60. The first-order valence-electron chi connectivity index (χ1n) is 6.88. The van der Waals surface area contributed by atoms with Gasteiger partial charge in [0.2, 0.25) is 5.95 Å². The van der Waals surface area contributed by atoms with Crippen molar-refractivity contribution in [3.63, 3.8) is 0 Å². The van der Waals surface area contributed by atoms with Crippen LogP contribution in [-0.2, 0) is 0 Å². The van der Waals surface area contributed by atoms with Crippen LogP contribution in [0.4, 0.5) is 5.95 Å². The molecule has 96 valence electrons. The summed E-state index contributed by atoms with van der Waals surface area (Å²) in [6.07, 6.45) is 7.44. The smallest absolute Gasteiger partial charge is 0.203 e. The summed E-state index contributed by atoms with van der Waals surface area (Å²) in [6, 6.07) is 1.08. The molecule has 0 aliphatic heterocycles. The van der Waals surface area contributed by atoms with Gasteiger partial charge in [-0.15, -0.1) is 0 Å². The largest absolute Gasteiger partial charge is 0.353 e. The molecule has 0 amide bonds. The number of hydrogen-bond acceptors (Lipinski definition) is 2. The Kier molecular flexibility index (Phi) is 3.75.